The monoisotopic (exact) mass is 433 g/mol. The zero-order chi connectivity index (χ0) is 21.0. The first kappa shape index (κ1) is 21.0. The van der Waals surface area contributed by atoms with Crippen molar-refractivity contribution in [3.8, 4) is 0 Å². The summed E-state index contributed by atoms with van der Waals surface area (Å²) in [6, 6.07) is 9.47. The van der Waals surface area contributed by atoms with E-state index in [1.165, 1.54) is 18.4 Å². The molecule has 2 aliphatic heterocycles. The third kappa shape index (κ3) is 5.10. The maximum atomic E-state index is 12.8. The fourth-order valence-electron chi connectivity index (χ4n) is 3.83. The van der Waals surface area contributed by atoms with Crippen LogP contribution in [-0.2, 0) is 21.3 Å². The van der Waals surface area contributed by atoms with Gasteiger partial charge in [0.2, 0.25) is 10.0 Å². The first-order valence-corrected chi connectivity index (χ1v) is 11.7. The lowest BCUT2D eigenvalue weighted by atomic mass is 10.1. The molecule has 2 aromatic rings. The number of nitrogens with one attached hydrogen (secondary N) is 1. The number of rotatable bonds is 7. The Balaban J connectivity index is 1.30. The van der Waals surface area contributed by atoms with E-state index in [2.05, 4.69) is 9.62 Å². The van der Waals surface area contributed by atoms with Crippen LogP contribution in [0.25, 0.3) is 0 Å². The lowest BCUT2D eigenvalue weighted by molar-refractivity contribution is 0.0432. The van der Waals surface area contributed by atoms with Gasteiger partial charge in [-0.3, -0.25) is 9.69 Å². The number of amides is 1. The van der Waals surface area contributed by atoms with Gasteiger partial charge in [0.25, 0.3) is 5.91 Å². The Morgan fingerprint density at radius 1 is 1.10 bits per heavy atom. The molecule has 1 amide bonds. The molecule has 2 saturated heterocycles. The van der Waals surface area contributed by atoms with E-state index in [1.54, 1.807) is 24.3 Å². The lowest BCUT2D eigenvalue weighted by Gasteiger charge is -2.35. The number of furan rings is 1. The van der Waals surface area contributed by atoms with Crippen molar-refractivity contribution in [2.24, 2.45) is 0 Å². The fraction of sp³-hybridized carbons (Fsp3) is 0.476. The summed E-state index contributed by atoms with van der Waals surface area (Å²) in [7, 11) is -3.68. The van der Waals surface area contributed by atoms with Crippen molar-refractivity contribution >= 4 is 15.9 Å². The molecule has 162 valence electrons. The van der Waals surface area contributed by atoms with Crippen LogP contribution in [0.1, 0.15) is 29.0 Å². The summed E-state index contributed by atoms with van der Waals surface area (Å²) in [6.45, 7) is 4.84. The van der Waals surface area contributed by atoms with Crippen LogP contribution in [0.5, 0.6) is 0 Å². The molecule has 8 nitrogen and oxygen atoms in total. The van der Waals surface area contributed by atoms with E-state index in [-0.39, 0.29) is 17.3 Å². The molecule has 0 saturated carbocycles. The van der Waals surface area contributed by atoms with E-state index in [9.17, 15) is 13.2 Å². The van der Waals surface area contributed by atoms with E-state index < -0.39 is 10.0 Å². The van der Waals surface area contributed by atoms with E-state index in [0.717, 1.165) is 39.1 Å². The van der Waals surface area contributed by atoms with E-state index in [1.807, 2.05) is 4.90 Å². The minimum absolute atomic E-state index is 0.0701. The summed E-state index contributed by atoms with van der Waals surface area (Å²) < 4.78 is 38.2. The Morgan fingerprint density at radius 2 is 1.87 bits per heavy atom. The molecule has 1 aromatic carbocycles. The van der Waals surface area contributed by atoms with Crippen LogP contribution in [0.3, 0.4) is 0 Å². The molecule has 9 heteroatoms. The Hall–Kier alpha value is -2.20. The van der Waals surface area contributed by atoms with Crippen molar-refractivity contribution < 1.29 is 22.4 Å². The first-order chi connectivity index (χ1) is 14.5. The Labute approximate surface area is 176 Å². The average Bonchev–Trinajstić information content (AvgIpc) is 3.47. The Morgan fingerprint density at radius 3 is 2.50 bits per heavy atom. The van der Waals surface area contributed by atoms with Gasteiger partial charge in [0, 0.05) is 44.9 Å². The average molecular weight is 434 g/mol. The standard InChI is InChI=1S/C21H27N3O5S/c25-21(24-11-9-23(10-12-24)16-19-4-2-14-29-19)17-5-7-20(8-6-17)30(26,27)22-15-18-3-1-13-28-18/h1,3,5-8,13,19,22H,2,4,9-12,14-16H2. The number of nitrogens with zero attached hydrogens (tertiary/aromatic N) is 2. The minimum Gasteiger partial charge on any atom is -0.468 e. The van der Waals surface area contributed by atoms with Crippen LogP contribution >= 0.6 is 0 Å². The zero-order valence-corrected chi connectivity index (χ0v) is 17.6. The van der Waals surface area contributed by atoms with Crippen LogP contribution in [-0.4, -0.2) is 69.6 Å². The van der Waals surface area contributed by atoms with E-state index in [4.69, 9.17) is 9.15 Å². The molecule has 1 N–H and O–H groups in total. The van der Waals surface area contributed by atoms with E-state index in [0.29, 0.717) is 30.5 Å². The van der Waals surface area contributed by atoms with Crippen molar-refractivity contribution in [3.63, 3.8) is 0 Å². The second kappa shape index (κ2) is 9.30. The predicted molar refractivity (Wildman–Crippen MR) is 110 cm³/mol. The first-order valence-electron chi connectivity index (χ1n) is 10.3. The normalized spacial score (nSPS) is 20.5. The van der Waals surface area contributed by atoms with Crippen LogP contribution in [0.2, 0.25) is 0 Å². The topological polar surface area (TPSA) is 92.1 Å². The molecular formula is C21H27N3O5S. The van der Waals surface area contributed by atoms with Crippen molar-refractivity contribution in [2.75, 3.05) is 39.3 Å². The van der Waals surface area contributed by atoms with Crippen LogP contribution in [0.4, 0.5) is 0 Å². The number of hydrogen-bond donors (Lipinski definition) is 1. The van der Waals surface area contributed by atoms with Crippen molar-refractivity contribution in [2.45, 2.75) is 30.4 Å². The molecule has 0 radical (unpaired) electrons. The highest BCUT2D eigenvalue weighted by atomic mass is 32.2. The number of sulfonamides is 1. The third-order valence-electron chi connectivity index (χ3n) is 5.57. The second-order valence-corrected chi connectivity index (χ2v) is 9.42. The Bertz CT molecular complexity index is 930. The van der Waals surface area contributed by atoms with Gasteiger partial charge in [-0.15, -0.1) is 0 Å². The summed E-state index contributed by atoms with van der Waals surface area (Å²) in [4.78, 5) is 17.1. The molecule has 0 aliphatic carbocycles. The fourth-order valence-corrected chi connectivity index (χ4v) is 4.83. The molecule has 30 heavy (non-hydrogen) atoms. The summed E-state index contributed by atoms with van der Waals surface area (Å²) in [5.74, 6) is 0.461. The number of carbonyl (C=O) groups excluding carboxylic acids is 1. The predicted octanol–water partition coefficient (Wildman–Crippen LogP) is 1.69. The molecule has 1 atom stereocenters. The molecule has 3 heterocycles. The van der Waals surface area contributed by atoms with Gasteiger partial charge in [0.1, 0.15) is 5.76 Å². The van der Waals surface area contributed by atoms with Gasteiger partial charge in [0.15, 0.2) is 0 Å². The molecule has 1 aromatic heterocycles. The second-order valence-electron chi connectivity index (χ2n) is 7.66. The van der Waals surface area contributed by atoms with Gasteiger partial charge in [0.05, 0.1) is 23.8 Å². The van der Waals surface area contributed by atoms with Crippen molar-refractivity contribution in [1.82, 2.24) is 14.5 Å². The SMILES string of the molecule is O=C(c1ccc(S(=O)(=O)NCc2ccco2)cc1)N1CCN(CC2CCCO2)CC1. The third-order valence-corrected chi connectivity index (χ3v) is 6.99. The van der Waals surface area contributed by atoms with Crippen LogP contribution < -0.4 is 4.72 Å². The molecule has 0 bridgehead atoms. The highest BCUT2D eigenvalue weighted by Gasteiger charge is 2.25. The molecular weight excluding hydrogens is 406 g/mol. The lowest BCUT2D eigenvalue weighted by Crippen LogP contribution is -2.50. The number of ether oxygens (including phenoxy) is 1. The molecule has 4 rings (SSSR count). The summed E-state index contributed by atoms with van der Waals surface area (Å²) >= 11 is 0. The maximum Gasteiger partial charge on any atom is 0.253 e. The summed E-state index contributed by atoms with van der Waals surface area (Å²) in [5.41, 5.74) is 0.493. The zero-order valence-electron chi connectivity index (χ0n) is 16.8. The number of piperazine rings is 1. The number of hydrogen-bond acceptors (Lipinski definition) is 6. The number of carbonyl (C=O) groups is 1. The van der Waals surface area contributed by atoms with Gasteiger partial charge < -0.3 is 14.1 Å². The largest absolute Gasteiger partial charge is 0.468 e. The summed E-state index contributed by atoms with van der Waals surface area (Å²) in [5, 5.41) is 0. The molecule has 2 fully saturated rings. The van der Waals surface area contributed by atoms with E-state index >= 15 is 0 Å². The number of benzene rings is 1. The molecule has 2 aliphatic rings. The Kier molecular flexibility index (Phi) is 6.52. The van der Waals surface area contributed by atoms with Gasteiger partial charge in [-0.1, -0.05) is 0 Å². The quantitative estimate of drug-likeness (QED) is 0.715. The van der Waals surface area contributed by atoms with Crippen LogP contribution in [0.15, 0.2) is 52.0 Å². The van der Waals surface area contributed by atoms with Crippen molar-refractivity contribution in [3.05, 3.63) is 54.0 Å². The smallest absolute Gasteiger partial charge is 0.253 e. The van der Waals surface area contributed by atoms with Gasteiger partial charge in [-0.25, -0.2) is 13.1 Å². The summed E-state index contributed by atoms with van der Waals surface area (Å²) in [6.07, 6.45) is 4.06. The maximum absolute atomic E-state index is 12.8. The highest BCUT2D eigenvalue weighted by molar-refractivity contribution is 7.89. The van der Waals surface area contributed by atoms with Gasteiger partial charge in [-0.05, 0) is 49.2 Å². The molecule has 1 unspecified atom stereocenters. The van der Waals surface area contributed by atoms with Crippen LogP contribution in [0, 0.1) is 0 Å². The highest BCUT2D eigenvalue weighted by Crippen LogP contribution is 2.17. The van der Waals surface area contributed by atoms with Crippen molar-refractivity contribution in [1.29, 1.82) is 0 Å². The van der Waals surface area contributed by atoms with Gasteiger partial charge in [-0.2, -0.15) is 0 Å². The molecule has 0 spiro atoms. The minimum atomic E-state index is -3.68. The van der Waals surface area contributed by atoms with Gasteiger partial charge >= 0.3 is 0 Å².